The maximum absolute atomic E-state index is 12.4. The van der Waals surface area contributed by atoms with Crippen molar-refractivity contribution in [2.24, 2.45) is 11.7 Å². The Balaban J connectivity index is 4.92. The first-order valence-corrected chi connectivity index (χ1v) is 6.31. The predicted octanol–water partition coefficient (Wildman–Crippen LogP) is 1.34. The minimum atomic E-state index is -4.73. The van der Waals surface area contributed by atoms with Crippen LogP contribution in [0.25, 0.3) is 0 Å². The molecule has 0 spiro atoms. The normalized spacial score (nSPS) is 15.7. The van der Waals surface area contributed by atoms with Crippen molar-refractivity contribution in [1.29, 1.82) is 0 Å². The molecule has 0 amide bonds. The van der Waals surface area contributed by atoms with Crippen LogP contribution in [0.1, 0.15) is 20.3 Å². The first kappa shape index (κ1) is 14.7. The molecule has 0 aromatic rings. The summed E-state index contributed by atoms with van der Waals surface area (Å²) in [6.45, 7) is 2.84. The molecule has 0 aromatic carbocycles. The molecular formula is C8H16F3NO2S. The number of rotatable bonds is 5. The fourth-order valence-corrected chi connectivity index (χ4v) is 3.34. The van der Waals surface area contributed by atoms with Crippen molar-refractivity contribution in [3.8, 4) is 0 Å². The Morgan fingerprint density at radius 1 is 1.27 bits per heavy atom. The number of nitrogens with two attached hydrogens (primary N) is 1. The maximum Gasteiger partial charge on any atom is 0.405 e. The van der Waals surface area contributed by atoms with Crippen LogP contribution in [0.2, 0.25) is 0 Å². The molecule has 0 saturated carbocycles. The first-order valence-electron chi connectivity index (χ1n) is 4.59. The lowest BCUT2D eigenvalue weighted by molar-refractivity contribution is -0.131. The molecule has 0 aliphatic heterocycles. The van der Waals surface area contributed by atoms with E-state index in [0.717, 1.165) is 0 Å². The minimum absolute atomic E-state index is 0.290. The Hall–Kier alpha value is -0.300. The summed E-state index contributed by atoms with van der Waals surface area (Å²) >= 11 is 0. The van der Waals surface area contributed by atoms with Gasteiger partial charge in [-0.15, -0.1) is 0 Å². The molecule has 15 heavy (non-hydrogen) atoms. The Morgan fingerprint density at radius 2 is 1.73 bits per heavy atom. The molecule has 92 valence electrons. The number of sulfone groups is 1. The van der Waals surface area contributed by atoms with Crippen LogP contribution in [0.4, 0.5) is 13.2 Å². The summed E-state index contributed by atoms with van der Waals surface area (Å²) in [5.74, 6) is -0.783. The van der Waals surface area contributed by atoms with Crippen molar-refractivity contribution >= 4 is 9.84 Å². The zero-order valence-electron chi connectivity index (χ0n) is 8.71. The molecule has 3 nitrogen and oxygen atoms in total. The topological polar surface area (TPSA) is 60.2 Å². The Labute approximate surface area is 87.8 Å². The molecule has 0 aromatic heterocycles. The number of alkyl halides is 3. The van der Waals surface area contributed by atoms with Gasteiger partial charge in [0.1, 0.15) is 0 Å². The average Bonchev–Trinajstić information content (AvgIpc) is 1.94. The molecule has 7 heteroatoms. The molecule has 0 heterocycles. The molecule has 0 fully saturated rings. The molecule has 0 radical (unpaired) electrons. The number of halogens is 3. The van der Waals surface area contributed by atoms with Gasteiger partial charge in [0.05, 0.1) is 5.75 Å². The summed E-state index contributed by atoms with van der Waals surface area (Å²) in [6.07, 6.45) is -5.30. The third-order valence-electron chi connectivity index (χ3n) is 1.79. The third kappa shape index (κ3) is 4.83. The monoisotopic (exact) mass is 247 g/mol. The second kappa shape index (κ2) is 5.16. The number of hydrogen-bond acceptors (Lipinski definition) is 3. The standard InChI is InChI=1S/C8H16F3NO2S/c1-6(2)5-15(13,14)7(3-4-12)8(9,10)11/h6-7H,3-5,12H2,1-2H3. The highest BCUT2D eigenvalue weighted by Gasteiger charge is 2.47. The van der Waals surface area contributed by atoms with Crippen LogP contribution >= 0.6 is 0 Å². The fourth-order valence-electron chi connectivity index (χ4n) is 1.28. The van der Waals surface area contributed by atoms with Crippen molar-refractivity contribution in [2.45, 2.75) is 31.7 Å². The quantitative estimate of drug-likeness (QED) is 0.797. The lowest BCUT2D eigenvalue weighted by atomic mass is 10.3. The van der Waals surface area contributed by atoms with E-state index in [1.165, 1.54) is 0 Å². The minimum Gasteiger partial charge on any atom is -0.330 e. The second-order valence-electron chi connectivity index (χ2n) is 3.83. The van der Waals surface area contributed by atoms with Gasteiger partial charge in [-0.1, -0.05) is 13.8 Å². The first-order chi connectivity index (χ1) is 6.61. The van der Waals surface area contributed by atoms with Crippen molar-refractivity contribution in [3.63, 3.8) is 0 Å². The molecule has 1 atom stereocenters. The Bertz CT molecular complexity index is 285. The van der Waals surface area contributed by atoms with E-state index in [4.69, 9.17) is 5.73 Å². The van der Waals surface area contributed by atoms with Gasteiger partial charge in [0.15, 0.2) is 15.1 Å². The van der Waals surface area contributed by atoms with Gasteiger partial charge in [-0.3, -0.25) is 0 Å². The highest BCUT2D eigenvalue weighted by Crippen LogP contribution is 2.29. The fraction of sp³-hybridized carbons (Fsp3) is 1.00. The van der Waals surface area contributed by atoms with E-state index in [0.29, 0.717) is 0 Å². The zero-order valence-corrected chi connectivity index (χ0v) is 9.53. The van der Waals surface area contributed by atoms with Crippen LogP contribution in [0.3, 0.4) is 0 Å². The van der Waals surface area contributed by atoms with Crippen LogP contribution in [0.5, 0.6) is 0 Å². The van der Waals surface area contributed by atoms with Crippen LogP contribution in [0, 0.1) is 5.92 Å². The van der Waals surface area contributed by atoms with E-state index in [2.05, 4.69) is 0 Å². The van der Waals surface area contributed by atoms with Gasteiger partial charge in [-0.2, -0.15) is 13.2 Å². The van der Waals surface area contributed by atoms with Crippen molar-refractivity contribution in [3.05, 3.63) is 0 Å². The molecule has 0 rings (SSSR count). The molecule has 2 N–H and O–H groups in total. The van der Waals surface area contributed by atoms with Crippen LogP contribution in [-0.4, -0.2) is 32.1 Å². The van der Waals surface area contributed by atoms with E-state index in [1.54, 1.807) is 13.8 Å². The van der Waals surface area contributed by atoms with Crippen LogP contribution in [0.15, 0.2) is 0 Å². The molecule has 0 aliphatic rings. The van der Waals surface area contributed by atoms with Gasteiger partial charge in [0, 0.05) is 0 Å². The number of hydrogen-bond donors (Lipinski definition) is 1. The summed E-state index contributed by atoms with van der Waals surface area (Å²) in [6, 6.07) is 0. The SMILES string of the molecule is CC(C)CS(=O)(=O)C(CCN)C(F)(F)F. The van der Waals surface area contributed by atoms with E-state index in [-0.39, 0.29) is 12.5 Å². The van der Waals surface area contributed by atoms with Gasteiger partial charge >= 0.3 is 6.18 Å². The van der Waals surface area contributed by atoms with E-state index < -0.39 is 33.4 Å². The van der Waals surface area contributed by atoms with Gasteiger partial charge in [0.25, 0.3) is 0 Å². The van der Waals surface area contributed by atoms with Gasteiger partial charge in [-0.05, 0) is 18.9 Å². The average molecular weight is 247 g/mol. The van der Waals surface area contributed by atoms with Crippen molar-refractivity contribution in [2.75, 3.05) is 12.3 Å². The van der Waals surface area contributed by atoms with Crippen molar-refractivity contribution in [1.82, 2.24) is 0 Å². The van der Waals surface area contributed by atoms with Gasteiger partial charge in [0.2, 0.25) is 0 Å². The third-order valence-corrected chi connectivity index (χ3v) is 4.29. The predicted molar refractivity (Wildman–Crippen MR) is 52.1 cm³/mol. The van der Waals surface area contributed by atoms with Crippen LogP contribution in [-0.2, 0) is 9.84 Å². The molecule has 0 bridgehead atoms. The summed E-state index contributed by atoms with van der Waals surface area (Å²) in [5.41, 5.74) is 4.99. The highest BCUT2D eigenvalue weighted by molar-refractivity contribution is 7.92. The lowest BCUT2D eigenvalue weighted by Crippen LogP contribution is -2.40. The maximum atomic E-state index is 12.4. The van der Waals surface area contributed by atoms with Crippen LogP contribution < -0.4 is 5.73 Å². The van der Waals surface area contributed by atoms with Gasteiger partial charge in [-0.25, -0.2) is 8.42 Å². The molecule has 0 aliphatic carbocycles. The zero-order chi connectivity index (χ0) is 12.3. The van der Waals surface area contributed by atoms with E-state index in [1.807, 2.05) is 0 Å². The smallest absolute Gasteiger partial charge is 0.330 e. The molecule has 0 saturated heterocycles. The molecular weight excluding hydrogens is 231 g/mol. The van der Waals surface area contributed by atoms with Crippen molar-refractivity contribution < 1.29 is 21.6 Å². The Kier molecular flexibility index (Phi) is 5.05. The van der Waals surface area contributed by atoms with E-state index in [9.17, 15) is 21.6 Å². The van der Waals surface area contributed by atoms with Gasteiger partial charge < -0.3 is 5.73 Å². The summed E-state index contributed by atoms with van der Waals surface area (Å²) in [7, 11) is -4.15. The Morgan fingerprint density at radius 3 is 2.00 bits per heavy atom. The summed E-state index contributed by atoms with van der Waals surface area (Å²) in [4.78, 5) is 0. The summed E-state index contributed by atoms with van der Waals surface area (Å²) < 4.78 is 60.1. The summed E-state index contributed by atoms with van der Waals surface area (Å²) in [5, 5.41) is -2.32. The van der Waals surface area contributed by atoms with E-state index >= 15 is 0 Å². The molecule has 1 unspecified atom stereocenters. The lowest BCUT2D eigenvalue weighted by Gasteiger charge is -2.20. The highest BCUT2D eigenvalue weighted by atomic mass is 32.2. The second-order valence-corrected chi connectivity index (χ2v) is 6.06. The largest absolute Gasteiger partial charge is 0.405 e.